The number of benzene rings is 3. The second-order valence-electron chi connectivity index (χ2n) is 7.34. The molecule has 1 heterocycles. The van der Waals surface area contributed by atoms with Crippen LogP contribution in [0.25, 0.3) is 6.08 Å². The Bertz CT molecular complexity index is 1260. The number of thioether (sulfide) groups is 1. The second kappa shape index (κ2) is 10.5. The average Bonchev–Trinajstić information content (AvgIpc) is 3.11. The molecule has 0 spiro atoms. The van der Waals surface area contributed by atoms with Gasteiger partial charge in [-0.3, -0.25) is 19.8 Å². The van der Waals surface area contributed by atoms with Gasteiger partial charge in [0.05, 0.1) is 15.5 Å². The van der Waals surface area contributed by atoms with Crippen LogP contribution >= 0.6 is 24.0 Å². The Morgan fingerprint density at radius 3 is 2.44 bits per heavy atom. The highest BCUT2D eigenvalue weighted by atomic mass is 32.2. The van der Waals surface area contributed by atoms with E-state index in [0.29, 0.717) is 26.2 Å². The van der Waals surface area contributed by atoms with E-state index in [9.17, 15) is 14.9 Å². The molecule has 172 valence electrons. The molecule has 0 aromatic heterocycles. The maximum absolute atomic E-state index is 13.0. The van der Waals surface area contributed by atoms with E-state index in [1.807, 2.05) is 49.4 Å². The van der Waals surface area contributed by atoms with Crippen LogP contribution < -0.4 is 14.4 Å². The number of carbonyl (C=O) groups excluding carboxylic acids is 1. The number of anilines is 1. The Morgan fingerprint density at radius 1 is 1.03 bits per heavy atom. The minimum Gasteiger partial charge on any atom is -0.490 e. The van der Waals surface area contributed by atoms with Crippen LogP contribution in [0.2, 0.25) is 0 Å². The fourth-order valence-corrected chi connectivity index (χ4v) is 4.54. The zero-order valence-electron chi connectivity index (χ0n) is 18.2. The molecule has 0 bridgehead atoms. The standard InChI is InChI=1S/C25H20N2O5S2/c1-17-7-10-21(11-8-17)31-13-14-32-22-12-9-20(27(29)30)15-18(22)16-23-24(28)26(25(33)34-23)19-5-3-2-4-6-19/h2-12,15-16H,13-14H2,1H3/b23-16+. The number of nitro benzene ring substituents is 1. The van der Waals surface area contributed by atoms with Crippen molar-refractivity contribution in [1.29, 1.82) is 0 Å². The Kier molecular flexibility index (Phi) is 7.24. The van der Waals surface area contributed by atoms with Gasteiger partial charge in [0.1, 0.15) is 24.7 Å². The number of ether oxygens (including phenoxy) is 2. The van der Waals surface area contributed by atoms with Crippen molar-refractivity contribution in [3.05, 3.63) is 98.9 Å². The summed E-state index contributed by atoms with van der Waals surface area (Å²) in [5, 5.41) is 11.3. The highest BCUT2D eigenvalue weighted by Gasteiger charge is 2.33. The van der Waals surface area contributed by atoms with Gasteiger partial charge < -0.3 is 9.47 Å². The normalized spacial score (nSPS) is 14.5. The summed E-state index contributed by atoms with van der Waals surface area (Å²) in [6.45, 7) is 2.50. The second-order valence-corrected chi connectivity index (χ2v) is 9.02. The number of hydrogen-bond acceptors (Lipinski definition) is 7. The van der Waals surface area contributed by atoms with Crippen molar-refractivity contribution in [3.63, 3.8) is 0 Å². The van der Waals surface area contributed by atoms with Crippen LogP contribution in [0.3, 0.4) is 0 Å². The first-order valence-electron chi connectivity index (χ1n) is 10.4. The fraction of sp³-hybridized carbons (Fsp3) is 0.120. The van der Waals surface area contributed by atoms with E-state index in [0.717, 1.165) is 23.1 Å². The molecular formula is C25H20N2O5S2. The topological polar surface area (TPSA) is 81.9 Å². The van der Waals surface area contributed by atoms with E-state index in [4.69, 9.17) is 21.7 Å². The molecule has 0 aliphatic carbocycles. The van der Waals surface area contributed by atoms with Gasteiger partial charge in [0.15, 0.2) is 4.32 Å². The molecular weight excluding hydrogens is 472 g/mol. The Labute approximate surface area is 206 Å². The molecule has 3 aromatic rings. The zero-order valence-corrected chi connectivity index (χ0v) is 19.8. The van der Waals surface area contributed by atoms with Crippen LogP contribution in [0.4, 0.5) is 11.4 Å². The number of nitrogens with zero attached hydrogens (tertiary/aromatic N) is 2. The van der Waals surface area contributed by atoms with Crippen molar-refractivity contribution in [2.45, 2.75) is 6.92 Å². The molecule has 0 saturated carbocycles. The van der Waals surface area contributed by atoms with E-state index in [1.165, 1.54) is 23.1 Å². The summed E-state index contributed by atoms with van der Waals surface area (Å²) in [5.41, 5.74) is 2.11. The molecule has 9 heteroatoms. The lowest BCUT2D eigenvalue weighted by atomic mass is 10.1. The summed E-state index contributed by atoms with van der Waals surface area (Å²) < 4.78 is 11.9. The van der Waals surface area contributed by atoms with Crippen molar-refractivity contribution >= 4 is 51.7 Å². The van der Waals surface area contributed by atoms with Crippen molar-refractivity contribution in [1.82, 2.24) is 0 Å². The van der Waals surface area contributed by atoms with Crippen LogP contribution in [-0.2, 0) is 4.79 Å². The lowest BCUT2D eigenvalue weighted by molar-refractivity contribution is -0.384. The summed E-state index contributed by atoms with van der Waals surface area (Å²) in [4.78, 5) is 25.7. The van der Waals surface area contributed by atoms with Gasteiger partial charge in [-0.15, -0.1) is 0 Å². The number of hydrogen-bond donors (Lipinski definition) is 0. The maximum atomic E-state index is 13.0. The van der Waals surface area contributed by atoms with Crippen molar-refractivity contribution in [3.8, 4) is 11.5 Å². The minimum absolute atomic E-state index is 0.104. The van der Waals surface area contributed by atoms with Crippen LogP contribution in [-0.4, -0.2) is 28.4 Å². The fourth-order valence-electron chi connectivity index (χ4n) is 3.25. The predicted octanol–water partition coefficient (Wildman–Crippen LogP) is 5.77. The first kappa shape index (κ1) is 23.5. The number of para-hydroxylation sites is 1. The van der Waals surface area contributed by atoms with E-state index in [1.54, 1.807) is 18.2 Å². The SMILES string of the molecule is Cc1ccc(OCCOc2ccc([N+](=O)[O-])cc2/C=C2/SC(=S)N(c3ccccc3)C2=O)cc1. The van der Waals surface area contributed by atoms with E-state index >= 15 is 0 Å². The summed E-state index contributed by atoms with van der Waals surface area (Å²) in [5.74, 6) is 0.840. The minimum atomic E-state index is -0.489. The number of nitro groups is 1. The summed E-state index contributed by atoms with van der Waals surface area (Å²) >= 11 is 6.54. The molecule has 4 rings (SSSR count). The lowest BCUT2D eigenvalue weighted by Gasteiger charge is -2.14. The van der Waals surface area contributed by atoms with Crippen LogP contribution in [0.5, 0.6) is 11.5 Å². The Morgan fingerprint density at radius 2 is 1.74 bits per heavy atom. The highest BCUT2D eigenvalue weighted by Crippen LogP contribution is 2.37. The van der Waals surface area contributed by atoms with Crippen LogP contribution in [0, 0.1) is 17.0 Å². The number of amides is 1. The number of thiocarbonyl (C=S) groups is 1. The summed E-state index contributed by atoms with van der Waals surface area (Å²) in [6, 6.07) is 21.0. The monoisotopic (exact) mass is 492 g/mol. The first-order valence-corrected chi connectivity index (χ1v) is 11.6. The molecule has 1 fully saturated rings. The van der Waals surface area contributed by atoms with Gasteiger partial charge in [0.2, 0.25) is 0 Å². The van der Waals surface area contributed by atoms with Gasteiger partial charge in [0, 0.05) is 17.7 Å². The van der Waals surface area contributed by atoms with Crippen molar-refractivity contribution in [2.24, 2.45) is 0 Å². The molecule has 0 unspecified atom stereocenters. The molecule has 7 nitrogen and oxygen atoms in total. The highest BCUT2D eigenvalue weighted by molar-refractivity contribution is 8.27. The van der Waals surface area contributed by atoms with E-state index < -0.39 is 4.92 Å². The smallest absolute Gasteiger partial charge is 0.270 e. The van der Waals surface area contributed by atoms with Gasteiger partial charge in [0.25, 0.3) is 11.6 Å². The zero-order chi connectivity index (χ0) is 24.1. The Balaban J connectivity index is 1.53. The van der Waals surface area contributed by atoms with E-state index in [-0.39, 0.29) is 24.8 Å². The molecule has 1 amide bonds. The third-order valence-electron chi connectivity index (χ3n) is 4.93. The molecule has 0 N–H and O–H groups in total. The molecule has 3 aromatic carbocycles. The van der Waals surface area contributed by atoms with Gasteiger partial charge in [-0.2, -0.15) is 0 Å². The van der Waals surface area contributed by atoms with Gasteiger partial charge >= 0.3 is 0 Å². The summed E-state index contributed by atoms with van der Waals surface area (Å²) in [7, 11) is 0. The van der Waals surface area contributed by atoms with Gasteiger partial charge in [-0.1, -0.05) is 59.9 Å². The number of non-ortho nitro benzene ring substituents is 1. The molecule has 0 atom stereocenters. The average molecular weight is 493 g/mol. The molecule has 1 aliphatic rings. The molecule has 34 heavy (non-hydrogen) atoms. The van der Waals surface area contributed by atoms with Crippen molar-refractivity contribution < 1.29 is 19.2 Å². The lowest BCUT2D eigenvalue weighted by Crippen LogP contribution is -2.27. The third kappa shape index (κ3) is 5.44. The van der Waals surface area contributed by atoms with Gasteiger partial charge in [-0.25, -0.2) is 0 Å². The number of rotatable bonds is 8. The summed E-state index contributed by atoms with van der Waals surface area (Å²) in [6.07, 6.45) is 1.57. The predicted molar refractivity (Wildman–Crippen MR) is 137 cm³/mol. The molecule has 0 radical (unpaired) electrons. The van der Waals surface area contributed by atoms with Crippen LogP contribution in [0.15, 0.2) is 77.7 Å². The molecule has 1 saturated heterocycles. The number of aryl methyl sites for hydroxylation is 1. The Hall–Kier alpha value is -3.69. The van der Waals surface area contributed by atoms with E-state index in [2.05, 4.69) is 0 Å². The van der Waals surface area contributed by atoms with Gasteiger partial charge in [-0.05, 0) is 43.3 Å². The molecule has 1 aliphatic heterocycles. The first-order chi connectivity index (χ1) is 16.4. The van der Waals surface area contributed by atoms with Crippen LogP contribution in [0.1, 0.15) is 11.1 Å². The number of carbonyl (C=O) groups is 1. The third-order valence-corrected chi connectivity index (χ3v) is 6.23. The maximum Gasteiger partial charge on any atom is 0.270 e. The largest absolute Gasteiger partial charge is 0.490 e. The van der Waals surface area contributed by atoms with Crippen molar-refractivity contribution in [2.75, 3.05) is 18.1 Å². The quantitative estimate of drug-likeness (QED) is 0.130.